The summed E-state index contributed by atoms with van der Waals surface area (Å²) in [6.07, 6.45) is 3.37. The first-order chi connectivity index (χ1) is 8.72. The van der Waals surface area contributed by atoms with Gasteiger partial charge in [-0.1, -0.05) is 12.1 Å². The Hall–Kier alpha value is -1.77. The molecule has 0 fully saturated rings. The number of rotatable bonds is 1. The van der Waals surface area contributed by atoms with Crippen LogP contribution in [0, 0.1) is 0 Å². The molecule has 2 aliphatic rings. The van der Waals surface area contributed by atoms with Crippen molar-refractivity contribution >= 4 is 11.5 Å². The summed E-state index contributed by atoms with van der Waals surface area (Å²) in [5.41, 5.74) is 5.10. The highest BCUT2D eigenvalue weighted by Gasteiger charge is 2.29. The summed E-state index contributed by atoms with van der Waals surface area (Å²) in [6, 6.07) is 6.20. The molecule has 1 aliphatic heterocycles. The molecule has 0 saturated heterocycles. The lowest BCUT2D eigenvalue weighted by molar-refractivity contribution is -0.128. The Bertz CT molecular complexity index is 545. The number of fused-ring (bicyclic) bond motifs is 2. The Kier molecular flexibility index (Phi) is 2.62. The van der Waals surface area contributed by atoms with Gasteiger partial charge < -0.3 is 9.64 Å². The van der Waals surface area contributed by atoms with Gasteiger partial charge in [-0.15, -0.1) is 0 Å². The van der Waals surface area contributed by atoms with Crippen LogP contribution in [0.2, 0.25) is 0 Å². The fraction of sp³-hybridized carbons (Fsp3) is 0.400. The van der Waals surface area contributed by atoms with Crippen molar-refractivity contribution in [2.75, 3.05) is 14.2 Å². The van der Waals surface area contributed by atoms with Crippen LogP contribution in [0.1, 0.15) is 30.4 Å². The van der Waals surface area contributed by atoms with Crippen LogP contribution in [0.25, 0.3) is 5.57 Å². The van der Waals surface area contributed by atoms with Crippen LogP contribution in [-0.4, -0.2) is 25.0 Å². The van der Waals surface area contributed by atoms with E-state index in [1.807, 2.05) is 24.1 Å². The maximum atomic E-state index is 11.8. The molecule has 0 saturated carbocycles. The summed E-state index contributed by atoms with van der Waals surface area (Å²) in [6.45, 7) is 0. The van der Waals surface area contributed by atoms with Crippen molar-refractivity contribution in [3.63, 3.8) is 0 Å². The van der Waals surface area contributed by atoms with Crippen molar-refractivity contribution in [1.82, 2.24) is 4.90 Å². The predicted molar refractivity (Wildman–Crippen MR) is 70.2 cm³/mol. The molecule has 1 amide bonds. The molecule has 0 unspecified atom stereocenters. The van der Waals surface area contributed by atoms with Crippen LogP contribution in [0.5, 0.6) is 5.75 Å². The number of hydrogen-bond donors (Lipinski definition) is 0. The number of benzene rings is 1. The highest BCUT2D eigenvalue weighted by molar-refractivity contribution is 5.88. The number of amides is 1. The first-order valence-electron chi connectivity index (χ1n) is 6.37. The van der Waals surface area contributed by atoms with E-state index < -0.39 is 0 Å². The first kappa shape index (κ1) is 11.3. The molecule has 1 aromatic carbocycles. The molecule has 18 heavy (non-hydrogen) atoms. The summed E-state index contributed by atoms with van der Waals surface area (Å²) in [4.78, 5) is 13.6. The van der Waals surface area contributed by atoms with Gasteiger partial charge in [0.1, 0.15) is 5.75 Å². The molecule has 3 rings (SSSR count). The molecule has 3 heteroatoms. The normalized spacial score (nSPS) is 18.6. The fourth-order valence-corrected chi connectivity index (χ4v) is 3.05. The van der Waals surface area contributed by atoms with Crippen molar-refractivity contribution in [2.24, 2.45) is 0 Å². The Morgan fingerprint density at radius 2 is 2.00 bits per heavy atom. The van der Waals surface area contributed by atoms with Crippen molar-refractivity contribution < 1.29 is 9.53 Å². The van der Waals surface area contributed by atoms with E-state index >= 15 is 0 Å². The molecule has 94 valence electrons. The van der Waals surface area contributed by atoms with Gasteiger partial charge in [0.05, 0.1) is 7.11 Å². The van der Waals surface area contributed by atoms with Gasteiger partial charge in [0.25, 0.3) is 0 Å². The summed E-state index contributed by atoms with van der Waals surface area (Å²) in [5, 5.41) is 0. The summed E-state index contributed by atoms with van der Waals surface area (Å²) in [7, 11) is 3.61. The zero-order chi connectivity index (χ0) is 12.7. The van der Waals surface area contributed by atoms with Crippen molar-refractivity contribution in [2.45, 2.75) is 25.7 Å². The van der Waals surface area contributed by atoms with Crippen LogP contribution in [0.15, 0.2) is 23.9 Å². The van der Waals surface area contributed by atoms with Gasteiger partial charge in [-0.2, -0.15) is 0 Å². The van der Waals surface area contributed by atoms with Crippen molar-refractivity contribution in [3.8, 4) is 5.75 Å². The predicted octanol–water partition coefficient (Wildman–Crippen LogP) is 2.60. The molecule has 0 aromatic heterocycles. The monoisotopic (exact) mass is 243 g/mol. The highest BCUT2D eigenvalue weighted by Crippen LogP contribution is 2.41. The molecular weight excluding hydrogens is 226 g/mol. The van der Waals surface area contributed by atoms with Gasteiger partial charge in [-0.3, -0.25) is 4.79 Å². The third-order valence-corrected chi connectivity index (χ3v) is 4.01. The summed E-state index contributed by atoms with van der Waals surface area (Å²) in [5.74, 6) is 1.21. The third-order valence-electron chi connectivity index (χ3n) is 4.01. The average molecular weight is 243 g/mol. The molecule has 0 N–H and O–H groups in total. The van der Waals surface area contributed by atoms with Crippen LogP contribution in [0.4, 0.5) is 0 Å². The second-order valence-electron chi connectivity index (χ2n) is 4.86. The smallest absolute Gasteiger partial charge is 0.226 e. The highest BCUT2D eigenvalue weighted by atomic mass is 16.5. The van der Waals surface area contributed by atoms with E-state index in [-0.39, 0.29) is 5.91 Å². The number of hydrogen-bond acceptors (Lipinski definition) is 2. The van der Waals surface area contributed by atoms with E-state index in [1.54, 1.807) is 7.11 Å². The van der Waals surface area contributed by atoms with Crippen LogP contribution < -0.4 is 4.74 Å². The summed E-state index contributed by atoms with van der Waals surface area (Å²) < 4.78 is 5.44. The molecular formula is C15H17NO2. The molecule has 1 heterocycles. The minimum absolute atomic E-state index is 0.236. The van der Waals surface area contributed by atoms with E-state index in [4.69, 9.17) is 4.74 Å². The molecule has 3 nitrogen and oxygen atoms in total. The van der Waals surface area contributed by atoms with Gasteiger partial charge in [-0.25, -0.2) is 0 Å². The first-order valence-corrected chi connectivity index (χ1v) is 6.37. The Balaban J connectivity index is 2.15. The second-order valence-corrected chi connectivity index (χ2v) is 4.86. The molecule has 1 aliphatic carbocycles. The van der Waals surface area contributed by atoms with Gasteiger partial charge in [-0.05, 0) is 36.5 Å². The van der Waals surface area contributed by atoms with E-state index in [2.05, 4.69) is 6.07 Å². The fourth-order valence-electron chi connectivity index (χ4n) is 3.05. The maximum Gasteiger partial charge on any atom is 0.226 e. The van der Waals surface area contributed by atoms with E-state index in [0.29, 0.717) is 6.42 Å². The number of ether oxygens (including phenoxy) is 1. The SMILES string of the molecule is COc1cccc2c1CCC1=C2CCC(=O)N1C. The van der Waals surface area contributed by atoms with E-state index in [0.717, 1.165) is 25.0 Å². The Morgan fingerprint density at radius 3 is 2.78 bits per heavy atom. The van der Waals surface area contributed by atoms with Crippen molar-refractivity contribution in [3.05, 3.63) is 35.0 Å². The van der Waals surface area contributed by atoms with Crippen molar-refractivity contribution in [1.29, 1.82) is 0 Å². The Labute approximate surface area is 107 Å². The quantitative estimate of drug-likeness (QED) is 0.758. The molecule has 0 bridgehead atoms. The lowest BCUT2D eigenvalue weighted by Gasteiger charge is -2.33. The molecule has 0 radical (unpaired) electrons. The zero-order valence-corrected chi connectivity index (χ0v) is 10.8. The minimum Gasteiger partial charge on any atom is -0.496 e. The van der Waals surface area contributed by atoms with E-state index in [9.17, 15) is 4.79 Å². The average Bonchev–Trinajstić information content (AvgIpc) is 2.41. The molecule has 1 aromatic rings. The third kappa shape index (κ3) is 1.54. The number of allylic oxidation sites excluding steroid dienone is 2. The maximum absolute atomic E-state index is 11.8. The van der Waals surface area contributed by atoms with Crippen LogP contribution >= 0.6 is 0 Å². The van der Waals surface area contributed by atoms with Gasteiger partial charge >= 0.3 is 0 Å². The Morgan fingerprint density at radius 1 is 1.17 bits per heavy atom. The topological polar surface area (TPSA) is 29.5 Å². The van der Waals surface area contributed by atoms with Gasteiger partial charge in [0.2, 0.25) is 5.91 Å². The number of methoxy groups -OCH3 is 1. The van der Waals surface area contributed by atoms with Gasteiger partial charge in [0.15, 0.2) is 0 Å². The molecule has 0 atom stereocenters. The number of nitrogens with zero attached hydrogens (tertiary/aromatic N) is 1. The van der Waals surface area contributed by atoms with E-state index in [1.165, 1.54) is 22.4 Å². The van der Waals surface area contributed by atoms with Crippen LogP contribution in [-0.2, 0) is 11.2 Å². The lowest BCUT2D eigenvalue weighted by Crippen LogP contribution is -2.32. The summed E-state index contributed by atoms with van der Waals surface area (Å²) >= 11 is 0. The lowest BCUT2D eigenvalue weighted by atomic mass is 9.83. The molecule has 0 spiro atoms. The number of carbonyl (C=O) groups is 1. The largest absolute Gasteiger partial charge is 0.496 e. The van der Waals surface area contributed by atoms with Gasteiger partial charge in [0, 0.05) is 24.7 Å². The zero-order valence-electron chi connectivity index (χ0n) is 10.8. The minimum atomic E-state index is 0.236. The second kappa shape index (κ2) is 4.16. The number of carbonyl (C=O) groups excluding carboxylic acids is 1. The standard InChI is InChI=1S/C15H17NO2/c1-16-13-8-6-12-10(4-3-5-14(12)18-2)11(13)7-9-15(16)17/h3-5H,6-9H2,1-2H3. The van der Waals surface area contributed by atoms with Crippen LogP contribution in [0.3, 0.4) is 0 Å².